The topological polar surface area (TPSA) is 63.0 Å². The minimum Gasteiger partial charge on any atom is -0.493 e. The largest absolute Gasteiger partial charge is 0.493 e. The summed E-state index contributed by atoms with van der Waals surface area (Å²) in [4.78, 5) is 4.57. The van der Waals surface area contributed by atoms with Crippen LogP contribution in [0, 0.1) is 6.92 Å². The molecule has 4 rings (SSSR count). The SMILES string of the molecule is COc1cc(/C=C/C2OCCO2)ccc1OCc1nc(-c2ccccc2)oc1C. The maximum absolute atomic E-state index is 5.96. The van der Waals surface area contributed by atoms with Gasteiger partial charge in [0.2, 0.25) is 5.89 Å². The van der Waals surface area contributed by atoms with Gasteiger partial charge < -0.3 is 23.4 Å². The van der Waals surface area contributed by atoms with E-state index in [4.69, 9.17) is 23.4 Å². The van der Waals surface area contributed by atoms with E-state index in [1.807, 2.05) is 67.6 Å². The molecule has 0 unspecified atom stereocenters. The van der Waals surface area contributed by atoms with Crippen LogP contribution in [0.25, 0.3) is 17.5 Å². The highest BCUT2D eigenvalue weighted by molar-refractivity contribution is 5.56. The number of aromatic nitrogens is 1. The van der Waals surface area contributed by atoms with Crippen molar-refractivity contribution in [2.45, 2.75) is 19.8 Å². The number of oxazole rings is 1. The number of hydrogen-bond acceptors (Lipinski definition) is 6. The Morgan fingerprint density at radius 1 is 1.07 bits per heavy atom. The van der Waals surface area contributed by atoms with E-state index in [-0.39, 0.29) is 12.9 Å². The highest BCUT2D eigenvalue weighted by Crippen LogP contribution is 2.30. The van der Waals surface area contributed by atoms with Crippen LogP contribution in [-0.2, 0) is 16.1 Å². The molecule has 0 saturated carbocycles. The van der Waals surface area contributed by atoms with Crippen LogP contribution in [0.15, 0.2) is 59.0 Å². The average molecular weight is 393 g/mol. The molecule has 1 aliphatic heterocycles. The Morgan fingerprint density at radius 3 is 2.62 bits per heavy atom. The quantitative estimate of drug-likeness (QED) is 0.583. The summed E-state index contributed by atoms with van der Waals surface area (Å²) >= 11 is 0. The lowest BCUT2D eigenvalue weighted by Gasteiger charge is -2.11. The van der Waals surface area contributed by atoms with Crippen LogP contribution in [0.5, 0.6) is 11.5 Å². The molecular formula is C23H23NO5. The molecule has 1 aliphatic rings. The second-order valence-electron chi connectivity index (χ2n) is 6.56. The monoisotopic (exact) mass is 393 g/mol. The molecular weight excluding hydrogens is 370 g/mol. The fourth-order valence-electron chi connectivity index (χ4n) is 3.00. The van der Waals surface area contributed by atoms with Crippen molar-refractivity contribution in [1.29, 1.82) is 0 Å². The zero-order valence-corrected chi connectivity index (χ0v) is 16.5. The molecule has 0 atom stereocenters. The summed E-state index contributed by atoms with van der Waals surface area (Å²) in [6.45, 7) is 3.42. The van der Waals surface area contributed by atoms with Gasteiger partial charge in [-0.3, -0.25) is 0 Å². The zero-order chi connectivity index (χ0) is 20.1. The Balaban J connectivity index is 1.45. The maximum atomic E-state index is 5.96. The van der Waals surface area contributed by atoms with Gasteiger partial charge in [-0.1, -0.05) is 30.3 Å². The average Bonchev–Trinajstić information content (AvgIpc) is 3.41. The van der Waals surface area contributed by atoms with Gasteiger partial charge in [-0.25, -0.2) is 4.98 Å². The van der Waals surface area contributed by atoms with E-state index in [9.17, 15) is 0 Å². The summed E-state index contributed by atoms with van der Waals surface area (Å²) in [7, 11) is 1.62. The number of methoxy groups -OCH3 is 1. The number of nitrogens with zero attached hydrogens (tertiary/aromatic N) is 1. The first-order valence-corrected chi connectivity index (χ1v) is 9.47. The van der Waals surface area contributed by atoms with Gasteiger partial charge in [0.25, 0.3) is 0 Å². The van der Waals surface area contributed by atoms with Crippen molar-refractivity contribution in [3.8, 4) is 23.0 Å². The molecule has 1 aromatic heterocycles. The standard InChI is InChI=1S/C23H23NO5/c1-16-19(24-23(29-16)18-6-4-3-5-7-18)15-28-20-10-8-17(14-21(20)25-2)9-11-22-26-12-13-27-22/h3-11,14,22H,12-13,15H2,1-2H3/b11-9+. The van der Waals surface area contributed by atoms with Gasteiger partial charge in [0.05, 0.1) is 20.3 Å². The summed E-state index contributed by atoms with van der Waals surface area (Å²) in [6, 6.07) is 15.5. The van der Waals surface area contributed by atoms with Gasteiger partial charge in [0.15, 0.2) is 17.8 Å². The van der Waals surface area contributed by atoms with Crippen LogP contribution < -0.4 is 9.47 Å². The van der Waals surface area contributed by atoms with Crippen molar-refractivity contribution >= 4 is 6.08 Å². The molecule has 2 heterocycles. The summed E-state index contributed by atoms with van der Waals surface area (Å²) < 4.78 is 28.0. The second-order valence-corrected chi connectivity index (χ2v) is 6.56. The van der Waals surface area contributed by atoms with Gasteiger partial charge in [-0.2, -0.15) is 0 Å². The van der Waals surface area contributed by atoms with Crippen molar-refractivity contribution < 1.29 is 23.4 Å². The molecule has 0 amide bonds. The van der Waals surface area contributed by atoms with Crippen molar-refractivity contribution in [3.05, 3.63) is 71.6 Å². The van der Waals surface area contributed by atoms with Gasteiger partial charge in [0.1, 0.15) is 18.1 Å². The maximum Gasteiger partial charge on any atom is 0.226 e. The number of benzene rings is 2. The van der Waals surface area contributed by atoms with E-state index in [0.29, 0.717) is 30.6 Å². The first-order chi connectivity index (χ1) is 14.2. The fraction of sp³-hybridized carbons (Fsp3) is 0.261. The third-order valence-electron chi connectivity index (χ3n) is 4.56. The number of ether oxygens (including phenoxy) is 4. The Morgan fingerprint density at radius 2 is 1.86 bits per heavy atom. The van der Waals surface area contributed by atoms with Gasteiger partial charge >= 0.3 is 0 Å². The smallest absolute Gasteiger partial charge is 0.226 e. The molecule has 0 spiro atoms. The summed E-state index contributed by atoms with van der Waals surface area (Å²) in [6.07, 6.45) is 3.54. The third-order valence-corrected chi connectivity index (χ3v) is 4.56. The summed E-state index contributed by atoms with van der Waals surface area (Å²) in [5, 5.41) is 0. The normalized spacial score (nSPS) is 14.6. The molecule has 1 saturated heterocycles. The van der Waals surface area contributed by atoms with E-state index in [2.05, 4.69) is 4.98 Å². The molecule has 0 bridgehead atoms. The molecule has 0 aliphatic carbocycles. The highest BCUT2D eigenvalue weighted by atomic mass is 16.7. The van der Waals surface area contributed by atoms with E-state index in [0.717, 1.165) is 22.6 Å². The third kappa shape index (κ3) is 4.67. The second kappa shape index (κ2) is 8.94. The van der Waals surface area contributed by atoms with Crippen molar-refractivity contribution in [3.63, 3.8) is 0 Å². The van der Waals surface area contributed by atoms with Crippen LogP contribution >= 0.6 is 0 Å². The molecule has 0 radical (unpaired) electrons. The minimum absolute atomic E-state index is 0.286. The number of hydrogen-bond donors (Lipinski definition) is 0. The molecule has 1 fully saturated rings. The van der Waals surface area contributed by atoms with Crippen molar-refractivity contribution in [1.82, 2.24) is 4.98 Å². The van der Waals surface area contributed by atoms with Crippen LogP contribution in [0.1, 0.15) is 17.0 Å². The zero-order valence-electron chi connectivity index (χ0n) is 16.5. The van der Waals surface area contributed by atoms with Gasteiger partial charge in [-0.05, 0) is 42.8 Å². The van der Waals surface area contributed by atoms with Crippen LogP contribution in [0.2, 0.25) is 0 Å². The lowest BCUT2D eigenvalue weighted by atomic mass is 10.2. The van der Waals surface area contributed by atoms with Crippen LogP contribution in [-0.4, -0.2) is 31.6 Å². The minimum atomic E-state index is -0.286. The molecule has 6 nitrogen and oxygen atoms in total. The van der Waals surface area contributed by atoms with Gasteiger partial charge in [-0.15, -0.1) is 0 Å². The summed E-state index contributed by atoms with van der Waals surface area (Å²) in [5.41, 5.74) is 2.66. The number of rotatable bonds is 7. The van der Waals surface area contributed by atoms with E-state index >= 15 is 0 Å². The highest BCUT2D eigenvalue weighted by Gasteiger charge is 2.14. The van der Waals surface area contributed by atoms with Crippen LogP contribution in [0.4, 0.5) is 0 Å². The molecule has 29 heavy (non-hydrogen) atoms. The van der Waals surface area contributed by atoms with E-state index in [1.165, 1.54) is 0 Å². The van der Waals surface area contributed by atoms with E-state index in [1.54, 1.807) is 7.11 Å². The first kappa shape index (κ1) is 19.2. The predicted octanol–water partition coefficient (Wildman–Crippen LogP) is 4.62. The Kier molecular flexibility index (Phi) is 5.93. The number of aryl methyl sites for hydroxylation is 1. The lowest BCUT2D eigenvalue weighted by molar-refractivity contribution is -0.000909. The molecule has 150 valence electrons. The Hall–Kier alpha value is -3.09. The summed E-state index contributed by atoms with van der Waals surface area (Å²) in [5.74, 6) is 2.61. The van der Waals surface area contributed by atoms with Crippen molar-refractivity contribution in [2.75, 3.05) is 20.3 Å². The fourth-order valence-corrected chi connectivity index (χ4v) is 3.00. The van der Waals surface area contributed by atoms with Gasteiger partial charge in [0, 0.05) is 5.56 Å². The lowest BCUT2D eigenvalue weighted by Crippen LogP contribution is -2.02. The predicted molar refractivity (Wildman–Crippen MR) is 109 cm³/mol. The molecule has 6 heteroatoms. The molecule has 2 aromatic carbocycles. The molecule has 0 N–H and O–H groups in total. The van der Waals surface area contributed by atoms with Crippen molar-refractivity contribution in [2.24, 2.45) is 0 Å². The Bertz CT molecular complexity index is 974. The van der Waals surface area contributed by atoms with Crippen LogP contribution in [0.3, 0.4) is 0 Å². The Labute approximate surface area is 169 Å². The first-order valence-electron chi connectivity index (χ1n) is 9.47. The van der Waals surface area contributed by atoms with E-state index < -0.39 is 0 Å². The molecule has 3 aromatic rings.